The quantitative estimate of drug-likeness (QED) is 0.715. The van der Waals surface area contributed by atoms with Crippen LogP contribution in [-0.4, -0.2) is 6.54 Å². The predicted octanol–water partition coefficient (Wildman–Crippen LogP) is 3.59. The normalized spacial score (nSPS) is 26.6. The summed E-state index contributed by atoms with van der Waals surface area (Å²) in [4.78, 5) is 0. The van der Waals surface area contributed by atoms with Gasteiger partial charge in [-0.25, -0.2) is 0 Å². The van der Waals surface area contributed by atoms with Crippen molar-refractivity contribution in [1.82, 2.24) is 0 Å². The Hall–Kier alpha value is -0.700. The van der Waals surface area contributed by atoms with Gasteiger partial charge in [-0.1, -0.05) is 35.0 Å². The maximum absolute atomic E-state index is 4.23. The van der Waals surface area contributed by atoms with Crippen LogP contribution in [0.1, 0.15) is 18.5 Å². The minimum absolute atomic E-state index is 0.262. The molecule has 1 aromatic rings. The van der Waals surface area contributed by atoms with Crippen LogP contribution in [0, 0.1) is 5.92 Å². The fourth-order valence-electron chi connectivity index (χ4n) is 1.56. The van der Waals surface area contributed by atoms with Crippen LogP contribution in [0.2, 0.25) is 0 Å². The van der Waals surface area contributed by atoms with Crippen molar-refractivity contribution in [3.05, 3.63) is 34.3 Å². The zero-order valence-corrected chi connectivity index (χ0v) is 9.03. The molecule has 0 saturated carbocycles. The number of hydrogen-bond donors (Lipinski definition) is 0. The van der Waals surface area contributed by atoms with Crippen molar-refractivity contribution >= 4 is 15.9 Å². The van der Waals surface area contributed by atoms with E-state index in [2.05, 4.69) is 45.2 Å². The van der Waals surface area contributed by atoms with E-state index in [0.717, 1.165) is 11.0 Å². The Morgan fingerprint density at radius 3 is 2.92 bits per heavy atom. The molecular weight excluding hydrogens is 228 g/mol. The van der Waals surface area contributed by atoms with E-state index in [1.165, 1.54) is 5.56 Å². The zero-order valence-electron chi connectivity index (χ0n) is 7.44. The van der Waals surface area contributed by atoms with E-state index in [-0.39, 0.29) is 6.04 Å². The summed E-state index contributed by atoms with van der Waals surface area (Å²) in [6.07, 6.45) is 0. The van der Waals surface area contributed by atoms with Crippen molar-refractivity contribution in [2.75, 3.05) is 6.54 Å². The van der Waals surface area contributed by atoms with E-state index in [4.69, 9.17) is 0 Å². The molecule has 0 aromatic heterocycles. The van der Waals surface area contributed by atoms with Crippen LogP contribution in [0.4, 0.5) is 0 Å². The fraction of sp³-hybridized carbons (Fsp3) is 0.400. The average Bonchev–Trinajstić information content (AvgIpc) is 2.51. The first-order chi connectivity index (χ1) is 6.27. The first kappa shape index (κ1) is 8.88. The molecule has 2 rings (SSSR count). The molecule has 1 aromatic carbocycles. The van der Waals surface area contributed by atoms with Gasteiger partial charge >= 0.3 is 0 Å². The highest BCUT2D eigenvalue weighted by molar-refractivity contribution is 9.10. The summed E-state index contributed by atoms with van der Waals surface area (Å²) in [5, 5.41) is 8.29. The number of benzene rings is 1. The standard InChI is InChI=1S/C10H11BrN2/c1-7-6-12-13-10(7)8-3-2-4-9(11)5-8/h2-5,7,10H,6H2,1H3. The third-order valence-corrected chi connectivity index (χ3v) is 2.80. The van der Waals surface area contributed by atoms with Gasteiger partial charge in [0.2, 0.25) is 0 Å². The lowest BCUT2D eigenvalue weighted by Crippen LogP contribution is -2.04. The molecule has 0 N–H and O–H groups in total. The lowest BCUT2D eigenvalue weighted by atomic mass is 9.97. The Labute approximate surface area is 86.2 Å². The third-order valence-electron chi connectivity index (χ3n) is 2.30. The van der Waals surface area contributed by atoms with E-state index >= 15 is 0 Å². The molecule has 2 unspecified atom stereocenters. The minimum Gasteiger partial charge on any atom is -0.193 e. The number of nitrogens with zero attached hydrogens (tertiary/aromatic N) is 2. The molecular formula is C10H11BrN2. The second-order valence-corrected chi connectivity index (χ2v) is 4.33. The molecule has 2 atom stereocenters. The van der Waals surface area contributed by atoms with E-state index in [0.29, 0.717) is 5.92 Å². The van der Waals surface area contributed by atoms with Gasteiger partial charge in [0, 0.05) is 10.4 Å². The molecule has 3 heteroatoms. The Bertz CT molecular complexity index is 335. The summed E-state index contributed by atoms with van der Waals surface area (Å²) >= 11 is 3.46. The summed E-state index contributed by atoms with van der Waals surface area (Å²) in [6.45, 7) is 3.04. The van der Waals surface area contributed by atoms with Crippen molar-refractivity contribution in [2.24, 2.45) is 16.1 Å². The molecule has 0 aliphatic carbocycles. The second kappa shape index (κ2) is 3.58. The van der Waals surface area contributed by atoms with Gasteiger partial charge in [-0.2, -0.15) is 10.2 Å². The van der Waals surface area contributed by atoms with E-state index < -0.39 is 0 Å². The highest BCUT2D eigenvalue weighted by Gasteiger charge is 2.22. The smallest absolute Gasteiger partial charge is 0.100 e. The largest absolute Gasteiger partial charge is 0.193 e. The van der Waals surface area contributed by atoms with Gasteiger partial charge in [-0.05, 0) is 17.7 Å². The molecule has 1 aliphatic heterocycles. The van der Waals surface area contributed by atoms with E-state index in [1.807, 2.05) is 12.1 Å². The number of azo groups is 1. The monoisotopic (exact) mass is 238 g/mol. The van der Waals surface area contributed by atoms with E-state index in [1.54, 1.807) is 0 Å². The molecule has 0 radical (unpaired) electrons. The summed E-state index contributed by atoms with van der Waals surface area (Å²) in [5.74, 6) is 0.536. The van der Waals surface area contributed by atoms with Gasteiger partial charge in [0.05, 0.1) is 6.54 Å². The Kier molecular flexibility index (Phi) is 2.44. The molecule has 0 saturated heterocycles. The van der Waals surface area contributed by atoms with Gasteiger partial charge in [-0.15, -0.1) is 0 Å². The SMILES string of the molecule is CC1CN=NC1c1cccc(Br)c1. The van der Waals surface area contributed by atoms with Crippen molar-refractivity contribution in [3.8, 4) is 0 Å². The summed E-state index contributed by atoms with van der Waals surface area (Å²) in [7, 11) is 0. The Morgan fingerprint density at radius 2 is 2.31 bits per heavy atom. The van der Waals surface area contributed by atoms with Gasteiger partial charge in [-0.3, -0.25) is 0 Å². The zero-order chi connectivity index (χ0) is 9.26. The van der Waals surface area contributed by atoms with Crippen LogP contribution in [0.3, 0.4) is 0 Å². The van der Waals surface area contributed by atoms with Gasteiger partial charge in [0.1, 0.15) is 6.04 Å². The van der Waals surface area contributed by atoms with Crippen LogP contribution in [-0.2, 0) is 0 Å². The number of rotatable bonds is 1. The first-order valence-electron chi connectivity index (χ1n) is 4.39. The molecule has 13 heavy (non-hydrogen) atoms. The Balaban J connectivity index is 2.29. The molecule has 1 aliphatic rings. The Morgan fingerprint density at radius 1 is 1.46 bits per heavy atom. The fourth-order valence-corrected chi connectivity index (χ4v) is 1.98. The van der Waals surface area contributed by atoms with Gasteiger partial charge in [0.15, 0.2) is 0 Å². The van der Waals surface area contributed by atoms with Crippen LogP contribution in [0.25, 0.3) is 0 Å². The minimum atomic E-state index is 0.262. The first-order valence-corrected chi connectivity index (χ1v) is 5.19. The molecule has 0 amide bonds. The average molecular weight is 239 g/mol. The maximum atomic E-state index is 4.23. The van der Waals surface area contributed by atoms with Gasteiger partial charge < -0.3 is 0 Å². The summed E-state index contributed by atoms with van der Waals surface area (Å²) in [5.41, 5.74) is 1.25. The highest BCUT2D eigenvalue weighted by Crippen LogP contribution is 2.32. The molecule has 2 nitrogen and oxygen atoms in total. The predicted molar refractivity (Wildman–Crippen MR) is 55.8 cm³/mol. The van der Waals surface area contributed by atoms with Crippen LogP contribution in [0.5, 0.6) is 0 Å². The second-order valence-electron chi connectivity index (χ2n) is 3.42. The molecule has 68 valence electrons. The molecule has 0 bridgehead atoms. The van der Waals surface area contributed by atoms with Crippen molar-refractivity contribution < 1.29 is 0 Å². The third kappa shape index (κ3) is 1.80. The topological polar surface area (TPSA) is 24.7 Å². The lowest BCUT2D eigenvalue weighted by molar-refractivity contribution is 0.546. The van der Waals surface area contributed by atoms with Crippen molar-refractivity contribution in [1.29, 1.82) is 0 Å². The lowest BCUT2D eigenvalue weighted by Gasteiger charge is -2.11. The summed E-state index contributed by atoms with van der Waals surface area (Å²) < 4.78 is 1.11. The van der Waals surface area contributed by atoms with Crippen LogP contribution >= 0.6 is 15.9 Å². The number of halogens is 1. The molecule has 0 fully saturated rings. The van der Waals surface area contributed by atoms with Crippen LogP contribution < -0.4 is 0 Å². The summed E-state index contributed by atoms with van der Waals surface area (Å²) in [6, 6.07) is 8.56. The molecule has 0 spiro atoms. The van der Waals surface area contributed by atoms with Crippen molar-refractivity contribution in [2.45, 2.75) is 13.0 Å². The van der Waals surface area contributed by atoms with E-state index in [9.17, 15) is 0 Å². The number of hydrogen-bond acceptors (Lipinski definition) is 2. The van der Waals surface area contributed by atoms with Crippen molar-refractivity contribution in [3.63, 3.8) is 0 Å². The van der Waals surface area contributed by atoms with Crippen LogP contribution in [0.15, 0.2) is 39.0 Å². The molecule has 1 heterocycles. The maximum Gasteiger partial charge on any atom is 0.100 e. The highest BCUT2D eigenvalue weighted by atomic mass is 79.9. The van der Waals surface area contributed by atoms with Gasteiger partial charge in [0.25, 0.3) is 0 Å².